The van der Waals surface area contributed by atoms with Crippen molar-refractivity contribution in [2.24, 2.45) is 34.5 Å². The molecule has 4 saturated carbocycles. The quantitative estimate of drug-likeness (QED) is 0.699. The minimum absolute atomic E-state index is 0.0442. The Morgan fingerprint density at radius 3 is 2.64 bits per heavy atom. The smallest absolute Gasteiger partial charge is 0.393 e. The van der Waals surface area contributed by atoms with Crippen molar-refractivity contribution >= 4 is 5.78 Å². The summed E-state index contributed by atoms with van der Waals surface area (Å²) in [6, 6.07) is 0. The fraction of sp³-hybridized carbons (Fsp3) is 0.850. The summed E-state index contributed by atoms with van der Waals surface area (Å²) in [5.41, 5.74) is -0.273. The molecule has 0 amide bonds. The molecule has 0 radical (unpaired) electrons. The minimum atomic E-state index is -4.51. The van der Waals surface area contributed by atoms with Crippen LogP contribution < -0.4 is 0 Å². The molecule has 0 aromatic heterocycles. The number of carbonyl (C=O) groups excluding carboxylic acids is 1. The largest absolute Gasteiger partial charge is 0.419 e. The van der Waals surface area contributed by atoms with E-state index in [2.05, 4.69) is 6.92 Å². The molecule has 1 spiro atoms. The number of hydrogen-bond donors (Lipinski definition) is 1. The van der Waals surface area contributed by atoms with E-state index in [1.165, 1.54) is 0 Å². The lowest BCUT2D eigenvalue weighted by molar-refractivity contribution is -0.133. The fourth-order valence-corrected chi connectivity index (χ4v) is 7.85. The van der Waals surface area contributed by atoms with Crippen LogP contribution in [0.25, 0.3) is 0 Å². The van der Waals surface area contributed by atoms with Crippen LogP contribution in [0.3, 0.4) is 0 Å². The monoisotopic (exact) mass is 354 g/mol. The SMILES string of the molecule is C[C@]12CC[C@H]3[C@@H](CCC4=C(C(F)(F)F)C(=O)CC[C@@H]43)[C@]13C[C@@H]3C[C@H]2O. The highest BCUT2D eigenvalue weighted by atomic mass is 19.4. The maximum atomic E-state index is 13.5. The topological polar surface area (TPSA) is 37.3 Å². The molecule has 2 nitrogen and oxygen atoms in total. The van der Waals surface area contributed by atoms with E-state index in [9.17, 15) is 23.1 Å². The fourth-order valence-electron chi connectivity index (χ4n) is 7.85. The predicted octanol–water partition coefficient (Wildman–Crippen LogP) is 4.42. The Hall–Kier alpha value is -0.840. The molecular formula is C20H25F3O2. The molecular weight excluding hydrogens is 329 g/mol. The van der Waals surface area contributed by atoms with Gasteiger partial charge in [-0.25, -0.2) is 0 Å². The number of ketones is 1. The molecule has 0 aromatic rings. The Balaban J connectivity index is 1.54. The van der Waals surface area contributed by atoms with Crippen LogP contribution >= 0.6 is 0 Å². The van der Waals surface area contributed by atoms with Gasteiger partial charge < -0.3 is 5.11 Å². The average molecular weight is 354 g/mol. The van der Waals surface area contributed by atoms with Gasteiger partial charge in [0.2, 0.25) is 0 Å². The van der Waals surface area contributed by atoms with Gasteiger partial charge in [-0.3, -0.25) is 4.79 Å². The number of fused-ring (bicyclic) bond motifs is 3. The van der Waals surface area contributed by atoms with Crippen molar-refractivity contribution in [2.45, 2.75) is 70.6 Å². The molecule has 5 aliphatic rings. The van der Waals surface area contributed by atoms with Gasteiger partial charge in [0.05, 0.1) is 11.7 Å². The highest BCUT2D eigenvalue weighted by Crippen LogP contribution is 2.81. The van der Waals surface area contributed by atoms with Crippen LogP contribution in [0.15, 0.2) is 11.1 Å². The van der Waals surface area contributed by atoms with Gasteiger partial charge in [-0.05, 0) is 79.4 Å². The van der Waals surface area contributed by atoms with Gasteiger partial charge in [0, 0.05) is 6.42 Å². The molecule has 0 aromatic carbocycles. The number of halogens is 3. The van der Waals surface area contributed by atoms with E-state index in [-0.39, 0.29) is 35.2 Å². The predicted molar refractivity (Wildman–Crippen MR) is 85.5 cm³/mol. The lowest BCUT2D eigenvalue weighted by Gasteiger charge is -2.56. The molecule has 0 saturated heterocycles. The van der Waals surface area contributed by atoms with Crippen molar-refractivity contribution < 1.29 is 23.1 Å². The minimum Gasteiger partial charge on any atom is -0.393 e. The number of aliphatic hydroxyl groups excluding tert-OH is 1. The summed E-state index contributed by atoms with van der Waals surface area (Å²) in [6.07, 6.45) is 0.920. The second kappa shape index (κ2) is 4.71. The van der Waals surface area contributed by atoms with Crippen LogP contribution in [-0.2, 0) is 4.79 Å². The summed E-state index contributed by atoms with van der Waals surface area (Å²) in [4.78, 5) is 12.0. The number of Topliss-reactive ketones (excluding diaryl/α,β-unsaturated/α-hetero) is 1. The number of carbonyl (C=O) groups is 1. The van der Waals surface area contributed by atoms with Crippen LogP contribution in [0.4, 0.5) is 13.2 Å². The summed E-state index contributed by atoms with van der Waals surface area (Å²) in [5.74, 6) is 0.517. The molecule has 0 aliphatic heterocycles. The van der Waals surface area contributed by atoms with Gasteiger partial charge in [0.15, 0.2) is 5.78 Å². The highest BCUT2D eigenvalue weighted by Gasteiger charge is 2.77. The average Bonchev–Trinajstić information content (AvgIpc) is 3.18. The van der Waals surface area contributed by atoms with Crippen molar-refractivity contribution in [2.75, 3.05) is 0 Å². The van der Waals surface area contributed by atoms with E-state index in [1.54, 1.807) is 0 Å². The van der Waals surface area contributed by atoms with Gasteiger partial charge >= 0.3 is 6.18 Å². The first-order chi connectivity index (χ1) is 11.7. The first-order valence-electron chi connectivity index (χ1n) is 9.71. The Bertz CT molecular complexity index is 681. The second-order valence-corrected chi connectivity index (χ2v) is 9.42. The zero-order valence-electron chi connectivity index (χ0n) is 14.5. The van der Waals surface area contributed by atoms with Crippen LogP contribution in [0.5, 0.6) is 0 Å². The molecule has 0 unspecified atom stereocenters. The highest BCUT2D eigenvalue weighted by molar-refractivity contribution is 5.98. The van der Waals surface area contributed by atoms with Gasteiger partial charge in [-0.1, -0.05) is 12.5 Å². The molecule has 5 aliphatic carbocycles. The molecule has 1 N–H and O–H groups in total. The van der Waals surface area contributed by atoms with Crippen molar-refractivity contribution in [1.29, 1.82) is 0 Å². The Kier molecular flexibility index (Phi) is 3.08. The van der Waals surface area contributed by atoms with Crippen LogP contribution in [-0.4, -0.2) is 23.2 Å². The first kappa shape index (κ1) is 16.3. The Labute approximate surface area is 145 Å². The molecule has 4 fully saturated rings. The third-order valence-corrected chi connectivity index (χ3v) is 8.89. The van der Waals surface area contributed by atoms with Gasteiger partial charge in [-0.2, -0.15) is 13.2 Å². The van der Waals surface area contributed by atoms with E-state index in [1.807, 2.05) is 0 Å². The molecule has 25 heavy (non-hydrogen) atoms. The molecule has 5 rings (SSSR count). The number of aliphatic hydroxyl groups is 1. The molecule has 0 bridgehead atoms. The maximum Gasteiger partial charge on any atom is 0.419 e. The Morgan fingerprint density at radius 1 is 1.16 bits per heavy atom. The third-order valence-electron chi connectivity index (χ3n) is 8.89. The van der Waals surface area contributed by atoms with Crippen molar-refractivity contribution in [3.05, 3.63) is 11.1 Å². The molecule has 0 heterocycles. The normalized spacial score (nSPS) is 51.6. The number of rotatable bonds is 0. The summed E-state index contributed by atoms with van der Waals surface area (Å²) >= 11 is 0. The second-order valence-electron chi connectivity index (χ2n) is 9.42. The van der Waals surface area contributed by atoms with E-state index in [0.717, 1.165) is 32.1 Å². The van der Waals surface area contributed by atoms with Crippen molar-refractivity contribution in [1.82, 2.24) is 0 Å². The number of allylic oxidation sites excluding steroid dienone is 1. The zero-order chi connectivity index (χ0) is 17.8. The zero-order valence-corrected chi connectivity index (χ0v) is 14.5. The number of alkyl halides is 3. The third kappa shape index (κ3) is 1.84. The van der Waals surface area contributed by atoms with E-state index in [0.29, 0.717) is 30.3 Å². The lowest BCUT2D eigenvalue weighted by atomic mass is 9.49. The van der Waals surface area contributed by atoms with Gasteiger partial charge in [0.1, 0.15) is 0 Å². The lowest BCUT2D eigenvalue weighted by Crippen LogP contribution is -2.51. The summed E-state index contributed by atoms with van der Waals surface area (Å²) < 4.78 is 40.5. The van der Waals surface area contributed by atoms with E-state index < -0.39 is 17.5 Å². The molecule has 5 heteroatoms. The van der Waals surface area contributed by atoms with Gasteiger partial charge in [0.25, 0.3) is 0 Å². The van der Waals surface area contributed by atoms with Gasteiger partial charge in [-0.15, -0.1) is 0 Å². The van der Waals surface area contributed by atoms with Crippen molar-refractivity contribution in [3.63, 3.8) is 0 Å². The standard InChI is InChI=1S/C20H25F3O2/c1-18-7-6-12-11-3-5-15(24)17(20(21,22)23)13(11)2-4-14(12)19(18)9-10(19)8-16(18)25/h10-12,14,16,25H,2-9H2,1H3/t10-,11+,12+,14+,16+,18+,19+/m0/s1. The van der Waals surface area contributed by atoms with E-state index >= 15 is 0 Å². The Morgan fingerprint density at radius 2 is 1.92 bits per heavy atom. The summed E-state index contributed by atoms with van der Waals surface area (Å²) in [7, 11) is 0. The molecule has 7 atom stereocenters. The van der Waals surface area contributed by atoms with Crippen LogP contribution in [0.1, 0.15) is 58.3 Å². The first-order valence-corrected chi connectivity index (χ1v) is 9.71. The number of hydrogen-bond acceptors (Lipinski definition) is 2. The molecule has 138 valence electrons. The van der Waals surface area contributed by atoms with Crippen molar-refractivity contribution in [3.8, 4) is 0 Å². The summed E-state index contributed by atoms with van der Waals surface area (Å²) in [6.45, 7) is 2.22. The van der Waals surface area contributed by atoms with Crippen LogP contribution in [0.2, 0.25) is 0 Å². The van der Waals surface area contributed by atoms with E-state index in [4.69, 9.17) is 0 Å². The maximum absolute atomic E-state index is 13.5. The summed E-state index contributed by atoms with van der Waals surface area (Å²) in [5, 5.41) is 10.6. The van der Waals surface area contributed by atoms with Crippen LogP contribution in [0, 0.1) is 34.5 Å².